The van der Waals surface area contributed by atoms with E-state index in [4.69, 9.17) is 9.47 Å². The first-order valence-electron chi connectivity index (χ1n) is 16.4. The molecule has 3 heterocycles. The maximum Gasteiger partial charge on any atom is 0.253 e. The molecule has 0 spiro atoms. The molecule has 1 aromatic heterocycles. The minimum atomic E-state index is 0.127. The molecule has 3 aromatic carbocycles. The third kappa shape index (κ3) is 6.03. The number of hydrogen-bond donors (Lipinski definition) is 0. The Morgan fingerprint density at radius 3 is 2.36 bits per heavy atom. The van der Waals surface area contributed by atoms with Crippen molar-refractivity contribution >= 4 is 22.5 Å². The summed E-state index contributed by atoms with van der Waals surface area (Å²) in [5.74, 6) is 2.63. The van der Waals surface area contributed by atoms with Crippen LogP contribution in [0.15, 0.2) is 78.9 Å². The lowest BCUT2D eigenvalue weighted by atomic mass is 9.89. The Morgan fingerprint density at radius 2 is 1.59 bits per heavy atom. The highest BCUT2D eigenvalue weighted by Gasteiger charge is 2.36. The number of rotatable bonds is 9. The maximum atomic E-state index is 13.6. The molecule has 0 bridgehead atoms. The van der Waals surface area contributed by atoms with Crippen LogP contribution in [0.2, 0.25) is 0 Å². The predicted molar refractivity (Wildman–Crippen MR) is 176 cm³/mol. The van der Waals surface area contributed by atoms with Crippen molar-refractivity contribution in [2.75, 3.05) is 51.3 Å². The molecule has 2 saturated heterocycles. The number of aromatic nitrogens is 1. The highest BCUT2D eigenvalue weighted by atomic mass is 16.5. The third-order valence-corrected chi connectivity index (χ3v) is 9.91. The van der Waals surface area contributed by atoms with Gasteiger partial charge in [-0.05, 0) is 54.7 Å². The SMILES string of the molecule is COc1ccccc1N1CCN(C2CN(C(=O)c3ccc4c(c3)cc(OCc3ccccc3)n4CC3CCCCC3)C2)CC1. The van der Waals surface area contributed by atoms with Crippen LogP contribution in [-0.4, -0.2) is 72.7 Å². The first kappa shape index (κ1) is 28.8. The lowest BCUT2D eigenvalue weighted by Crippen LogP contribution is -2.64. The predicted octanol–water partition coefficient (Wildman–Crippen LogP) is 6.46. The Hall–Kier alpha value is -3.97. The quantitative estimate of drug-likeness (QED) is 0.223. The minimum Gasteiger partial charge on any atom is -0.495 e. The summed E-state index contributed by atoms with van der Waals surface area (Å²) >= 11 is 0. The van der Waals surface area contributed by atoms with Crippen molar-refractivity contribution in [2.24, 2.45) is 5.92 Å². The van der Waals surface area contributed by atoms with Gasteiger partial charge in [-0.1, -0.05) is 61.7 Å². The summed E-state index contributed by atoms with van der Waals surface area (Å²) in [6.45, 7) is 7.02. The molecule has 1 saturated carbocycles. The summed E-state index contributed by atoms with van der Waals surface area (Å²) in [5.41, 5.74) is 4.24. The van der Waals surface area contributed by atoms with Crippen molar-refractivity contribution in [3.05, 3.63) is 90.0 Å². The first-order chi connectivity index (χ1) is 21.7. The number of anilines is 1. The zero-order valence-electron chi connectivity index (χ0n) is 25.9. The Morgan fingerprint density at radius 1 is 0.841 bits per heavy atom. The molecule has 230 valence electrons. The normalized spacial score (nSPS) is 18.4. The van der Waals surface area contributed by atoms with Crippen LogP contribution in [0, 0.1) is 5.92 Å². The van der Waals surface area contributed by atoms with Gasteiger partial charge in [0.25, 0.3) is 5.91 Å². The van der Waals surface area contributed by atoms with E-state index in [9.17, 15) is 4.79 Å². The summed E-state index contributed by atoms with van der Waals surface area (Å²) in [4.78, 5) is 20.5. The molecule has 3 fully saturated rings. The second-order valence-corrected chi connectivity index (χ2v) is 12.7. The van der Waals surface area contributed by atoms with Crippen molar-refractivity contribution in [3.8, 4) is 11.6 Å². The fourth-order valence-electron chi connectivity index (χ4n) is 7.30. The standard InChI is InChI=1S/C37H44N4O3/c1-43-35-15-9-8-14-34(35)39-20-18-38(19-21-39)32-25-40(26-32)37(42)30-16-17-33-31(22-30)23-36(44-27-29-12-6-3-7-13-29)41(33)24-28-10-4-2-5-11-28/h3,6-9,12-17,22-23,28,32H,2,4-5,10-11,18-21,24-27H2,1H3. The molecule has 0 atom stereocenters. The van der Waals surface area contributed by atoms with Crippen LogP contribution in [-0.2, 0) is 13.2 Å². The molecule has 0 radical (unpaired) electrons. The van der Waals surface area contributed by atoms with Crippen LogP contribution in [0.25, 0.3) is 10.9 Å². The van der Waals surface area contributed by atoms with Gasteiger partial charge in [-0.15, -0.1) is 0 Å². The van der Waals surface area contributed by atoms with Crippen LogP contribution in [0.4, 0.5) is 5.69 Å². The number of nitrogens with zero attached hydrogens (tertiary/aromatic N) is 4. The molecule has 0 N–H and O–H groups in total. The van der Waals surface area contributed by atoms with E-state index in [1.54, 1.807) is 7.11 Å². The zero-order valence-corrected chi connectivity index (χ0v) is 25.9. The monoisotopic (exact) mass is 592 g/mol. The fourth-order valence-corrected chi connectivity index (χ4v) is 7.30. The number of amides is 1. The number of carbonyl (C=O) groups excluding carboxylic acids is 1. The van der Waals surface area contributed by atoms with E-state index in [1.807, 2.05) is 29.2 Å². The van der Waals surface area contributed by atoms with E-state index < -0.39 is 0 Å². The molecular weight excluding hydrogens is 548 g/mol. The molecule has 7 heteroatoms. The van der Waals surface area contributed by atoms with Gasteiger partial charge in [0.15, 0.2) is 5.88 Å². The summed E-state index contributed by atoms with van der Waals surface area (Å²) in [6.07, 6.45) is 6.54. The number of benzene rings is 3. The Labute approximate surface area is 261 Å². The summed E-state index contributed by atoms with van der Waals surface area (Å²) in [6, 6.07) is 27.4. The van der Waals surface area contributed by atoms with E-state index in [-0.39, 0.29) is 5.91 Å². The fraction of sp³-hybridized carbons (Fsp3) is 0.432. The lowest BCUT2D eigenvalue weighted by molar-refractivity contribution is 0.0246. The second-order valence-electron chi connectivity index (χ2n) is 12.7. The van der Waals surface area contributed by atoms with Gasteiger partial charge in [-0.25, -0.2) is 0 Å². The zero-order chi connectivity index (χ0) is 29.9. The van der Waals surface area contributed by atoms with E-state index in [2.05, 4.69) is 69.0 Å². The number of carbonyl (C=O) groups is 1. The van der Waals surface area contributed by atoms with Crippen LogP contribution in [0.5, 0.6) is 11.6 Å². The highest BCUT2D eigenvalue weighted by molar-refractivity contribution is 5.99. The number of fused-ring (bicyclic) bond motifs is 1. The smallest absolute Gasteiger partial charge is 0.253 e. The number of piperazine rings is 1. The van der Waals surface area contributed by atoms with Crippen LogP contribution >= 0.6 is 0 Å². The topological polar surface area (TPSA) is 50.2 Å². The van der Waals surface area contributed by atoms with Crippen molar-refractivity contribution in [1.29, 1.82) is 0 Å². The number of para-hydroxylation sites is 2. The first-order valence-corrected chi connectivity index (χ1v) is 16.4. The summed E-state index contributed by atoms with van der Waals surface area (Å²) in [5, 5.41) is 1.08. The van der Waals surface area contributed by atoms with E-state index >= 15 is 0 Å². The number of hydrogen-bond acceptors (Lipinski definition) is 5. The molecule has 4 aromatic rings. The molecule has 1 amide bonds. The second kappa shape index (κ2) is 12.9. The van der Waals surface area contributed by atoms with Crippen molar-refractivity contribution in [1.82, 2.24) is 14.4 Å². The lowest BCUT2D eigenvalue weighted by Gasteiger charge is -2.48. The average Bonchev–Trinajstić information content (AvgIpc) is 3.40. The van der Waals surface area contributed by atoms with Crippen molar-refractivity contribution in [3.63, 3.8) is 0 Å². The van der Waals surface area contributed by atoms with E-state index in [1.165, 1.54) is 32.1 Å². The Bertz CT molecular complexity index is 1560. The molecular formula is C37H44N4O3. The van der Waals surface area contributed by atoms with Gasteiger partial charge >= 0.3 is 0 Å². The molecule has 3 aliphatic rings. The van der Waals surface area contributed by atoms with Crippen molar-refractivity contribution < 1.29 is 14.3 Å². The van der Waals surface area contributed by atoms with Gasteiger partial charge in [-0.3, -0.25) is 9.69 Å². The largest absolute Gasteiger partial charge is 0.495 e. The van der Waals surface area contributed by atoms with Crippen LogP contribution < -0.4 is 14.4 Å². The molecule has 1 aliphatic carbocycles. The van der Waals surface area contributed by atoms with Gasteiger partial charge in [-0.2, -0.15) is 0 Å². The van der Waals surface area contributed by atoms with Gasteiger partial charge in [0.05, 0.1) is 18.3 Å². The van der Waals surface area contributed by atoms with Gasteiger partial charge in [0, 0.05) is 68.9 Å². The average molecular weight is 593 g/mol. The summed E-state index contributed by atoms with van der Waals surface area (Å²) < 4.78 is 14.3. The number of likely N-dealkylation sites (tertiary alicyclic amines) is 1. The van der Waals surface area contributed by atoms with Crippen molar-refractivity contribution in [2.45, 2.75) is 51.3 Å². The van der Waals surface area contributed by atoms with Gasteiger partial charge in [0.2, 0.25) is 0 Å². The molecule has 7 nitrogen and oxygen atoms in total. The van der Waals surface area contributed by atoms with Gasteiger partial charge in [0.1, 0.15) is 12.4 Å². The maximum absolute atomic E-state index is 13.6. The van der Waals surface area contributed by atoms with E-state index in [0.717, 1.165) is 85.2 Å². The molecule has 44 heavy (non-hydrogen) atoms. The minimum absolute atomic E-state index is 0.127. The third-order valence-electron chi connectivity index (χ3n) is 9.91. The van der Waals surface area contributed by atoms with Crippen LogP contribution in [0.3, 0.4) is 0 Å². The van der Waals surface area contributed by atoms with E-state index in [0.29, 0.717) is 18.6 Å². The van der Waals surface area contributed by atoms with Crippen LogP contribution in [0.1, 0.15) is 48.0 Å². The Kier molecular flexibility index (Phi) is 8.47. The summed E-state index contributed by atoms with van der Waals surface area (Å²) in [7, 11) is 1.73. The number of methoxy groups -OCH3 is 1. The highest BCUT2D eigenvalue weighted by Crippen LogP contribution is 2.33. The molecule has 0 unspecified atom stereocenters. The number of ether oxygens (including phenoxy) is 2. The Balaban J connectivity index is 1.00. The molecule has 7 rings (SSSR count). The molecule has 2 aliphatic heterocycles. The van der Waals surface area contributed by atoms with Gasteiger partial charge < -0.3 is 23.8 Å².